The number of aliphatic hydroxyl groups is 1. The predicted octanol–water partition coefficient (Wildman–Crippen LogP) is -0.510. The molecule has 0 spiro atoms. The Kier molecular flexibility index (Phi) is 3.22. The van der Waals surface area contributed by atoms with Crippen molar-refractivity contribution in [1.82, 2.24) is 10.2 Å². The van der Waals surface area contributed by atoms with Crippen LogP contribution in [0.3, 0.4) is 0 Å². The van der Waals surface area contributed by atoms with Gasteiger partial charge in [0.05, 0.1) is 11.1 Å². The lowest BCUT2D eigenvalue weighted by atomic mass is 9.87. The lowest BCUT2D eigenvalue weighted by Crippen LogP contribution is -2.66. The van der Waals surface area contributed by atoms with E-state index in [1.54, 1.807) is 19.2 Å². The van der Waals surface area contributed by atoms with Crippen LogP contribution in [0.15, 0.2) is 18.2 Å². The van der Waals surface area contributed by atoms with Crippen LogP contribution < -0.4 is 10.6 Å². The highest BCUT2D eigenvalue weighted by Crippen LogP contribution is 2.36. The standard InChI is InChI=1S/C15H15N3O5/c1-15(6-9(19)11(20)17-14(15)23)18-12(21)7-4-3-5-8(16-2)10(7)13(18)22/h3-5,9,16,19H,6H2,1-2H3,(H,17,20,23). The lowest BCUT2D eigenvalue weighted by molar-refractivity contribution is -0.148. The summed E-state index contributed by atoms with van der Waals surface area (Å²) < 4.78 is 0. The Morgan fingerprint density at radius 1 is 1.26 bits per heavy atom. The summed E-state index contributed by atoms with van der Waals surface area (Å²) in [5, 5.41) is 14.6. The zero-order valence-corrected chi connectivity index (χ0v) is 12.5. The number of anilines is 1. The summed E-state index contributed by atoms with van der Waals surface area (Å²) in [4.78, 5) is 49.9. The number of imide groups is 2. The highest BCUT2D eigenvalue weighted by Gasteiger charge is 2.55. The average molecular weight is 317 g/mol. The van der Waals surface area contributed by atoms with Crippen molar-refractivity contribution in [3.63, 3.8) is 0 Å². The summed E-state index contributed by atoms with van der Waals surface area (Å²) in [5.41, 5.74) is -0.798. The number of carbonyl (C=O) groups excluding carboxylic acids is 4. The molecule has 3 rings (SSSR count). The van der Waals surface area contributed by atoms with E-state index in [4.69, 9.17) is 0 Å². The van der Waals surface area contributed by atoms with E-state index >= 15 is 0 Å². The minimum absolute atomic E-state index is 0.181. The third-order valence-corrected chi connectivity index (χ3v) is 4.30. The quantitative estimate of drug-likeness (QED) is 0.633. The fourth-order valence-electron chi connectivity index (χ4n) is 3.03. The molecule has 1 saturated heterocycles. The number of nitrogens with one attached hydrogen (secondary N) is 2. The van der Waals surface area contributed by atoms with Crippen LogP contribution in [0.4, 0.5) is 5.69 Å². The van der Waals surface area contributed by atoms with Gasteiger partial charge in [0.2, 0.25) is 0 Å². The molecule has 8 nitrogen and oxygen atoms in total. The van der Waals surface area contributed by atoms with Gasteiger partial charge in [0, 0.05) is 19.2 Å². The molecule has 4 amide bonds. The molecular weight excluding hydrogens is 302 g/mol. The highest BCUT2D eigenvalue weighted by atomic mass is 16.3. The first-order chi connectivity index (χ1) is 10.8. The molecule has 0 saturated carbocycles. The molecule has 120 valence electrons. The maximum atomic E-state index is 12.7. The summed E-state index contributed by atoms with van der Waals surface area (Å²) >= 11 is 0. The minimum atomic E-state index is -1.63. The normalized spacial score (nSPS) is 27.1. The van der Waals surface area contributed by atoms with Gasteiger partial charge in [-0.05, 0) is 19.1 Å². The molecule has 1 aromatic carbocycles. The number of fused-ring (bicyclic) bond motifs is 1. The number of hydrogen-bond donors (Lipinski definition) is 3. The van der Waals surface area contributed by atoms with E-state index in [-0.39, 0.29) is 17.5 Å². The number of carbonyl (C=O) groups is 4. The smallest absolute Gasteiger partial charge is 0.264 e. The molecule has 1 fully saturated rings. The van der Waals surface area contributed by atoms with Crippen LogP contribution in [0.2, 0.25) is 0 Å². The molecule has 0 aromatic heterocycles. The zero-order chi connectivity index (χ0) is 16.9. The van der Waals surface area contributed by atoms with E-state index in [1.165, 1.54) is 13.0 Å². The molecule has 2 atom stereocenters. The first kappa shape index (κ1) is 15.2. The van der Waals surface area contributed by atoms with Gasteiger partial charge in [-0.1, -0.05) is 6.07 Å². The van der Waals surface area contributed by atoms with Crippen molar-refractivity contribution in [3.8, 4) is 0 Å². The summed E-state index contributed by atoms with van der Waals surface area (Å²) in [6.45, 7) is 1.36. The molecule has 2 aliphatic heterocycles. The summed E-state index contributed by atoms with van der Waals surface area (Å²) in [6.07, 6.45) is -1.80. The second-order valence-corrected chi connectivity index (χ2v) is 5.74. The Balaban J connectivity index is 2.09. The SMILES string of the molecule is CNc1cccc2c1C(=O)N(C1(C)CC(O)C(=O)NC1=O)C2=O. The van der Waals surface area contributed by atoms with Gasteiger partial charge >= 0.3 is 0 Å². The van der Waals surface area contributed by atoms with E-state index in [0.717, 1.165) is 4.90 Å². The first-order valence-electron chi connectivity index (χ1n) is 7.04. The van der Waals surface area contributed by atoms with Crippen molar-refractivity contribution >= 4 is 29.3 Å². The van der Waals surface area contributed by atoms with Crippen molar-refractivity contribution in [3.05, 3.63) is 29.3 Å². The van der Waals surface area contributed by atoms with Crippen molar-refractivity contribution in [2.24, 2.45) is 0 Å². The van der Waals surface area contributed by atoms with E-state index in [2.05, 4.69) is 5.32 Å². The van der Waals surface area contributed by atoms with Gasteiger partial charge in [-0.3, -0.25) is 29.4 Å². The molecule has 0 bridgehead atoms. The lowest BCUT2D eigenvalue weighted by Gasteiger charge is -2.39. The van der Waals surface area contributed by atoms with Crippen LogP contribution >= 0.6 is 0 Å². The van der Waals surface area contributed by atoms with Gasteiger partial charge in [0.15, 0.2) is 0 Å². The summed E-state index contributed by atoms with van der Waals surface area (Å²) in [6, 6.07) is 4.78. The van der Waals surface area contributed by atoms with Crippen LogP contribution in [0.1, 0.15) is 34.1 Å². The van der Waals surface area contributed by atoms with Crippen molar-refractivity contribution < 1.29 is 24.3 Å². The zero-order valence-electron chi connectivity index (χ0n) is 12.5. The van der Waals surface area contributed by atoms with Crippen LogP contribution in [0.25, 0.3) is 0 Å². The van der Waals surface area contributed by atoms with Gasteiger partial charge in [0.25, 0.3) is 23.6 Å². The van der Waals surface area contributed by atoms with Gasteiger partial charge in [-0.2, -0.15) is 0 Å². The number of aliphatic hydroxyl groups excluding tert-OH is 1. The van der Waals surface area contributed by atoms with Gasteiger partial charge < -0.3 is 10.4 Å². The van der Waals surface area contributed by atoms with Gasteiger partial charge in [-0.25, -0.2) is 0 Å². The number of nitrogens with zero attached hydrogens (tertiary/aromatic N) is 1. The van der Waals surface area contributed by atoms with E-state index in [1.807, 2.05) is 5.32 Å². The third-order valence-electron chi connectivity index (χ3n) is 4.30. The number of rotatable bonds is 2. The van der Waals surface area contributed by atoms with Crippen molar-refractivity contribution in [2.45, 2.75) is 25.0 Å². The molecule has 8 heteroatoms. The molecule has 1 aromatic rings. The summed E-state index contributed by atoms with van der Waals surface area (Å²) in [7, 11) is 1.62. The van der Waals surface area contributed by atoms with E-state index in [0.29, 0.717) is 5.69 Å². The molecule has 2 unspecified atom stereocenters. The van der Waals surface area contributed by atoms with E-state index < -0.39 is 35.3 Å². The second kappa shape index (κ2) is 4.88. The second-order valence-electron chi connectivity index (χ2n) is 5.74. The molecule has 0 aliphatic carbocycles. The maximum absolute atomic E-state index is 12.7. The van der Waals surface area contributed by atoms with Crippen LogP contribution in [-0.2, 0) is 9.59 Å². The summed E-state index contributed by atoms with van der Waals surface area (Å²) in [5.74, 6) is -2.87. The maximum Gasteiger partial charge on any atom is 0.264 e. The number of hydrogen-bond acceptors (Lipinski definition) is 6. The molecule has 2 heterocycles. The fourth-order valence-corrected chi connectivity index (χ4v) is 3.03. The molecule has 3 N–H and O–H groups in total. The molecule has 23 heavy (non-hydrogen) atoms. The Hall–Kier alpha value is -2.74. The number of piperidine rings is 1. The number of amides is 4. The van der Waals surface area contributed by atoms with Crippen LogP contribution in [0, 0.1) is 0 Å². The topological polar surface area (TPSA) is 116 Å². The predicted molar refractivity (Wildman–Crippen MR) is 78.7 cm³/mol. The third kappa shape index (κ3) is 1.95. The average Bonchev–Trinajstić information content (AvgIpc) is 2.77. The monoisotopic (exact) mass is 317 g/mol. The van der Waals surface area contributed by atoms with Gasteiger partial charge in [-0.15, -0.1) is 0 Å². The van der Waals surface area contributed by atoms with Crippen molar-refractivity contribution in [1.29, 1.82) is 0 Å². The molecule has 2 aliphatic rings. The minimum Gasteiger partial charge on any atom is -0.387 e. The largest absolute Gasteiger partial charge is 0.387 e. The Bertz CT molecular complexity index is 759. The molecular formula is C15H15N3O5. The Labute approximate surface area is 131 Å². The van der Waals surface area contributed by atoms with Gasteiger partial charge in [0.1, 0.15) is 11.6 Å². The van der Waals surface area contributed by atoms with Crippen LogP contribution in [-0.4, -0.2) is 52.3 Å². The van der Waals surface area contributed by atoms with E-state index in [9.17, 15) is 24.3 Å². The Morgan fingerprint density at radius 2 is 1.96 bits per heavy atom. The first-order valence-corrected chi connectivity index (χ1v) is 7.04. The molecule has 0 radical (unpaired) electrons. The fraction of sp³-hybridized carbons (Fsp3) is 0.333. The van der Waals surface area contributed by atoms with Crippen LogP contribution in [0.5, 0.6) is 0 Å². The number of benzene rings is 1. The van der Waals surface area contributed by atoms with Crippen molar-refractivity contribution in [2.75, 3.05) is 12.4 Å². The Morgan fingerprint density at radius 3 is 2.61 bits per heavy atom. The highest BCUT2D eigenvalue weighted by molar-refractivity contribution is 6.26.